The maximum absolute atomic E-state index is 11.9. The molecule has 0 saturated heterocycles. The first-order valence-electron chi connectivity index (χ1n) is 4.05. The number of hydrogen-bond acceptors (Lipinski definition) is 5. The lowest BCUT2D eigenvalue weighted by atomic mass is 10.3. The Morgan fingerprint density at radius 1 is 1.60 bits per heavy atom. The van der Waals surface area contributed by atoms with Crippen molar-refractivity contribution in [1.29, 1.82) is 5.26 Å². The van der Waals surface area contributed by atoms with Crippen LogP contribution in [-0.4, -0.2) is 20.7 Å². The molecule has 0 aliphatic heterocycles. The molecule has 0 N–H and O–H groups in total. The molecule has 0 fully saturated rings. The minimum atomic E-state index is -2.61. The molecule has 0 aliphatic rings. The van der Waals surface area contributed by atoms with Gasteiger partial charge in [0.2, 0.25) is 6.19 Å². The van der Waals surface area contributed by atoms with Crippen LogP contribution >= 0.6 is 11.6 Å². The minimum Gasteiger partial charge on any atom is -0.248 e. The standard InChI is InChI=1S/C8H9ClN4OS/c1-6(15(2,14)11-5-10)7-3-4-8(9)13-12-7/h3-4,6H,1-2H3. The largest absolute Gasteiger partial charge is 0.248 e. The van der Waals surface area contributed by atoms with E-state index < -0.39 is 15.0 Å². The van der Waals surface area contributed by atoms with Crippen LogP contribution in [0.3, 0.4) is 0 Å². The first-order chi connectivity index (χ1) is 6.97. The van der Waals surface area contributed by atoms with E-state index in [0.29, 0.717) is 5.69 Å². The fraction of sp³-hybridized carbons (Fsp3) is 0.375. The summed E-state index contributed by atoms with van der Waals surface area (Å²) in [7, 11) is -2.61. The van der Waals surface area contributed by atoms with Crippen LogP contribution in [0, 0.1) is 11.5 Å². The van der Waals surface area contributed by atoms with E-state index in [1.807, 2.05) is 0 Å². The van der Waals surface area contributed by atoms with E-state index in [-0.39, 0.29) is 5.15 Å². The number of hydrogen-bond donors (Lipinski definition) is 0. The third-order valence-corrected chi connectivity index (χ3v) is 4.15. The summed E-state index contributed by atoms with van der Waals surface area (Å²) >= 11 is 5.57. The molecule has 0 radical (unpaired) electrons. The van der Waals surface area contributed by atoms with Gasteiger partial charge in [0, 0.05) is 6.26 Å². The molecule has 1 heterocycles. The topological polar surface area (TPSA) is 79.0 Å². The molecule has 0 spiro atoms. The Morgan fingerprint density at radius 3 is 2.73 bits per heavy atom. The predicted molar refractivity (Wildman–Crippen MR) is 57.6 cm³/mol. The van der Waals surface area contributed by atoms with E-state index in [1.165, 1.54) is 6.26 Å². The van der Waals surface area contributed by atoms with Crippen LogP contribution in [0.5, 0.6) is 0 Å². The van der Waals surface area contributed by atoms with Crippen LogP contribution in [0.25, 0.3) is 0 Å². The van der Waals surface area contributed by atoms with Crippen LogP contribution < -0.4 is 0 Å². The van der Waals surface area contributed by atoms with Gasteiger partial charge in [-0.3, -0.25) is 0 Å². The third-order valence-electron chi connectivity index (χ3n) is 1.95. The molecule has 0 saturated carbocycles. The molecule has 5 nitrogen and oxygen atoms in total. The summed E-state index contributed by atoms with van der Waals surface area (Å²) in [4.78, 5) is 0. The second kappa shape index (κ2) is 4.55. The second-order valence-corrected chi connectivity index (χ2v) is 5.97. The molecule has 1 rings (SSSR count). The molecule has 0 aromatic carbocycles. The van der Waals surface area contributed by atoms with Gasteiger partial charge in [-0.1, -0.05) is 11.6 Å². The highest BCUT2D eigenvalue weighted by atomic mass is 35.5. The molecule has 2 atom stereocenters. The smallest absolute Gasteiger partial charge is 0.214 e. The Labute approximate surface area is 93.3 Å². The summed E-state index contributed by atoms with van der Waals surface area (Å²) in [6.45, 7) is 1.68. The van der Waals surface area contributed by atoms with Gasteiger partial charge < -0.3 is 0 Å². The zero-order chi connectivity index (χ0) is 11.5. The van der Waals surface area contributed by atoms with Gasteiger partial charge in [0.1, 0.15) is 0 Å². The highest BCUT2D eigenvalue weighted by Crippen LogP contribution is 2.20. The average molecular weight is 245 g/mol. The molecule has 15 heavy (non-hydrogen) atoms. The quantitative estimate of drug-likeness (QED) is 0.743. The Kier molecular flexibility index (Phi) is 3.61. The lowest BCUT2D eigenvalue weighted by molar-refractivity contribution is 0.670. The molecule has 1 aromatic rings. The summed E-state index contributed by atoms with van der Waals surface area (Å²) in [5.74, 6) is 0. The molecule has 7 heteroatoms. The van der Waals surface area contributed by atoms with E-state index in [9.17, 15) is 4.21 Å². The number of nitrogens with zero attached hydrogens (tertiary/aromatic N) is 4. The van der Waals surface area contributed by atoms with E-state index >= 15 is 0 Å². The fourth-order valence-electron chi connectivity index (χ4n) is 0.927. The highest BCUT2D eigenvalue weighted by molar-refractivity contribution is 7.93. The fourth-order valence-corrected chi connectivity index (χ4v) is 1.92. The van der Waals surface area contributed by atoms with Crippen molar-refractivity contribution < 1.29 is 4.21 Å². The molecule has 0 amide bonds. The highest BCUT2D eigenvalue weighted by Gasteiger charge is 2.17. The van der Waals surface area contributed by atoms with E-state index in [4.69, 9.17) is 16.9 Å². The Bertz CT molecular complexity index is 498. The van der Waals surface area contributed by atoms with Crippen molar-refractivity contribution in [3.8, 4) is 6.19 Å². The summed E-state index contributed by atoms with van der Waals surface area (Å²) in [5, 5.41) is 15.6. The van der Waals surface area contributed by atoms with E-state index in [2.05, 4.69) is 14.6 Å². The second-order valence-electron chi connectivity index (χ2n) is 2.98. The van der Waals surface area contributed by atoms with Gasteiger partial charge in [-0.2, -0.15) is 10.4 Å². The van der Waals surface area contributed by atoms with Crippen LogP contribution in [-0.2, 0) is 9.73 Å². The monoisotopic (exact) mass is 244 g/mol. The molecule has 0 bridgehead atoms. The Morgan fingerprint density at radius 2 is 2.27 bits per heavy atom. The van der Waals surface area contributed by atoms with Gasteiger partial charge in [0.25, 0.3) is 0 Å². The van der Waals surface area contributed by atoms with Crippen LogP contribution in [0.1, 0.15) is 17.9 Å². The molecule has 2 unspecified atom stereocenters. The minimum absolute atomic E-state index is 0.269. The number of nitriles is 1. The van der Waals surface area contributed by atoms with E-state index in [0.717, 1.165) is 0 Å². The average Bonchev–Trinajstić information content (AvgIpc) is 2.18. The van der Waals surface area contributed by atoms with Gasteiger partial charge in [0.05, 0.1) is 20.7 Å². The SMILES string of the molecule is CC(c1ccc(Cl)nn1)S(C)(=O)=NC#N. The van der Waals surface area contributed by atoms with Gasteiger partial charge >= 0.3 is 0 Å². The van der Waals surface area contributed by atoms with Crippen LogP contribution in [0.4, 0.5) is 0 Å². The molecule has 0 aliphatic carbocycles. The number of aromatic nitrogens is 2. The molecular formula is C8H9ClN4OS. The maximum atomic E-state index is 11.9. The molecule has 80 valence electrons. The summed E-state index contributed by atoms with van der Waals surface area (Å²) < 4.78 is 15.3. The predicted octanol–water partition coefficient (Wildman–Crippen LogP) is 1.77. The van der Waals surface area contributed by atoms with Crippen molar-refractivity contribution in [3.63, 3.8) is 0 Å². The van der Waals surface area contributed by atoms with Crippen LogP contribution in [0.15, 0.2) is 16.5 Å². The zero-order valence-corrected chi connectivity index (χ0v) is 9.79. The third kappa shape index (κ3) is 2.88. The molecule has 1 aromatic heterocycles. The number of halogens is 1. The Hall–Kier alpha value is -1.19. The van der Waals surface area contributed by atoms with Crippen molar-refractivity contribution in [1.82, 2.24) is 10.2 Å². The van der Waals surface area contributed by atoms with E-state index in [1.54, 1.807) is 25.2 Å². The van der Waals surface area contributed by atoms with Crippen molar-refractivity contribution >= 4 is 21.3 Å². The van der Waals surface area contributed by atoms with Crippen molar-refractivity contribution in [2.45, 2.75) is 12.2 Å². The first kappa shape index (κ1) is 11.9. The summed E-state index contributed by atoms with van der Waals surface area (Å²) in [6.07, 6.45) is 2.96. The summed E-state index contributed by atoms with van der Waals surface area (Å²) in [5.41, 5.74) is 0.505. The van der Waals surface area contributed by atoms with Crippen LogP contribution in [0.2, 0.25) is 5.15 Å². The van der Waals surface area contributed by atoms with Crippen molar-refractivity contribution in [2.24, 2.45) is 4.36 Å². The molecular weight excluding hydrogens is 236 g/mol. The Balaban J connectivity index is 3.12. The lowest BCUT2D eigenvalue weighted by Gasteiger charge is -2.10. The van der Waals surface area contributed by atoms with Gasteiger partial charge in [-0.05, 0) is 19.1 Å². The first-order valence-corrected chi connectivity index (χ1v) is 6.42. The maximum Gasteiger partial charge on any atom is 0.214 e. The normalized spacial score (nSPS) is 16.1. The van der Waals surface area contributed by atoms with Crippen molar-refractivity contribution in [2.75, 3.05) is 6.26 Å². The zero-order valence-electron chi connectivity index (χ0n) is 8.22. The number of rotatable bonds is 2. The van der Waals surface area contributed by atoms with Gasteiger partial charge in [0.15, 0.2) is 5.15 Å². The lowest BCUT2D eigenvalue weighted by Crippen LogP contribution is -2.09. The van der Waals surface area contributed by atoms with Crippen molar-refractivity contribution in [3.05, 3.63) is 23.0 Å². The van der Waals surface area contributed by atoms with Gasteiger partial charge in [-0.25, -0.2) is 4.21 Å². The summed E-state index contributed by atoms with van der Waals surface area (Å²) in [6, 6.07) is 3.18. The van der Waals surface area contributed by atoms with Gasteiger partial charge in [-0.15, -0.1) is 9.46 Å².